The first-order valence-corrected chi connectivity index (χ1v) is 5.35. The molecular weight excluding hydrogens is 232 g/mol. The van der Waals surface area contributed by atoms with Gasteiger partial charge in [0.25, 0.3) is 0 Å². The molecule has 0 radical (unpaired) electrons. The van der Waals surface area contributed by atoms with Gasteiger partial charge in [-0.25, -0.2) is 0 Å². The summed E-state index contributed by atoms with van der Waals surface area (Å²) in [7, 11) is 1.61. The quantitative estimate of drug-likeness (QED) is 0.663. The molecule has 1 aromatic carbocycles. The van der Waals surface area contributed by atoms with Crippen LogP contribution in [0, 0.1) is 6.92 Å². The van der Waals surface area contributed by atoms with E-state index in [4.69, 9.17) is 4.74 Å². The maximum absolute atomic E-state index is 5.16. The Morgan fingerprint density at radius 2 is 2.06 bits per heavy atom. The van der Waals surface area contributed by atoms with E-state index in [9.17, 15) is 0 Å². The van der Waals surface area contributed by atoms with Gasteiger partial charge in [-0.05, 0) is 24.3 Å². The minimum Gasteiger partial charge on any atom is -0.497 e. The first-order chi connectivity index (χ1) is 8.78. The fourth-order valence-electron chi connectivity index (χ4n) is 1.61. The molecule has 0 aliphatic carbocycles. The van der Waals surface area contributed by atoms with Gasteiger partial charge in [-0.1, -0.05) is 6.07 Å². The maximum Gasteiger partial charge on any atom is 0.227 e. The molecule has 7 heteroatoms. The standard InChI is InChI=1S/C11H10N6O/c1-7-10-11(13-12-7)14-16-17(15-10)8-4-3-5-9(6-8)18-2/h3-6H,1-2H3. The fraction of sp³-hybridized carbons (Fsp3) is 0.182. The van der Waals surface area contributed by atoms with Gasteiger partial charge in [0.1, 0.15) is 5.75 Å². The molecule has 7 nitrogen and oxygen atoms in total. The Labute approximate surface area is 103 Å². The number of fused-ring (bicyclic) bond motifs is 1. The van der Waals surface area contributed by atoms with Crippen LogP contribution < -0.4 is 4.74 Å². The van der Waals surface area contributed by atoms with Gasteiger partial charge >= 0.3 is 0 Å². The molecule has 1 aromatic rings. The van der Waals surface area contributed by atoms with Crippen LogP contribution in [0.1, 0.15) is 5.69 Å². The third-order valence-electron chi connectivity index (χ3n) is 2.55. The van der Waals surface area contributed by atoms with Gasteiger partial charge in [0.2, 0.25) is 5.82 Å². The second-order valence-electron chi connectivity index (χ2n) is 3.74. The summed E-state index contributed by atoms with van der Waals surface area (Å²) in [5.74, 6) is 1.19. The highest BCUT2D eigenvalue weighted by molar-refractivity contribution is 5.51. The normalized spacial score (nSPS) is 10.8. The van der Waals surface area contributed by atoms with Crippen molar-refractivity contribution in [2.75, 3.05) is 7.11 Å². The van der Waals surface area contributed by atoms with E-state index in [1.54, 1.807) is 7.11 Å². The summed E-state index contributed by atoms with van der Waals surface area (Å²) < 4.78 is 5.16. The molecule has 0 bridgehead atoms. The van der Waals surface area contributed by atoms with E-state index in [1.165, 1.54) is 4.80 Å². The highest BCUT2D eigenvalue weighted by Crippen LogP contribution is 2.18. The predicted octanol–water partition coefficient (Wildman–Crippen LogP) is 0.874. The van der Waals surface area contributed by atoms with Crippen LogP contribution in [0.3, 0.4) is 0 Å². The molecule has 2 aliphatic rings. The zero-order valence-corrected chi connectivity index (χ0v) is 9.90. The van der Waals surface area contributed by atoms with E-state index in [-0.39, 0.29) is 0 Å². The SMILES string of the molecule is COc1cccc(-n2nnc3nnc(C)c-3n2)c1. The Kier molecular flexibility index (Phi) is 2.36. The van der Waals surface area contributed by atoms with E-state index in [0.717, 1.165) is 17.1 Å². The van der Waals surface area contributed by atoms with Crippen molar-refractivity contribution in [2.24, 2.45) is 0 Å². The van der Waals surface area contributed by atoms with Crippen LogP contribution in [0.4, 0.5) is 0 Å². The molecule has 18 heavy (non-hydrogen) atoms. The summed E-state index contributed by atoms with van der Waals surface area (Å²) in [4.78, 5) is 1.43. The molecule has 0 aromatic heterocycles. The van der Waals surface area contributed by atoms with Gasteiger partial charge in [0.05, 0.1) is 18.5 Å². The van der Waals surface area contributed by atoms with Gasteiger partial charge < -0.3 is 4.74 Å². The summed E-state index contributed by atoms with van der Waals surface area (Å²) in [6, 6.07) is 7.41. The van der Waals surface area contributed by atoms with Crippen molar-refractivity contribution in [3.63, 3.8) is 0 Å². The third kappa shape index (κ3) is 1.65. The lowest BCUT2D eigenvalue weighted by Gasteiger charge is -2.06. The van der Waals surface area contributed by atoms with Crippen LogP contribution in [0.2, 0.25) is 0 Å². The highest BCUT2D eigenvalue weighted by atomic mass is 16.5. The zero-order chi connectivity index (χ0) is 12.5. The third-order valence-corrected chi connectivity index (χ3v) is 2.55. The number of aryl methyl sites for hydroxylation is 1. The molecule has 90 valence electrons. The Bertz CT molecular complexity index is 664. The monoisotopic (exact) mass is 242 g/mol. The average Bonchev–Trinajstić information content (AvgIpc) is 2.80. The lowest BCUT2D eigenvalue weighted by Crippen LogP contribution is -2.10. The number of rotatable bonds is 2. The molecule has 2 aliphatic heterocycles. The minimum atomic E-state index is 0.451. The molecule has 0 saturated heterocycles. The number of hydrogen-bond acceptors (Lipinski definition) is 6. The number of methoxy groups -OCH3 is 1. The lowest BCUT2D eigenvalue weighted by molar-refractivity contribution is 0.414. The van der Waals surface area contributed by atoms with Crippen molar-refractivity contribution in [1.29, 1.82) is 0 Å². The number of nitrogens with zero attached hydrogens (tertiary/aromatic N) is 6. The first-order valence-electron chi connectivity index (χ1n) is 5.35. The molecule has 0 N–H and O–H groups in total. The van der Waals surface area contributed by atoms with E-state index in [0.29, 0.717) is 11.5 Å². The molecular formula is C11H10N6O. The zero-order valence-electron chi connectivity index (χ0n) is 9.90. The van der Waals surface area contributed by atoms with Crippen molar-refractivity contribution >= 4 is 0 Å². The Morgan fingerprint density at radius 3 is 2.89 bits per heavy atom. The maximum atomic E-state index is 5.16. The Balaban J connectivity index is 2.13. The van der Waals surface area contributed by atoms with Crippen LogP contribution in [-0.2, 0) is 0 Å². The van der Waals surface area contributed by atoms with E-state index >= 15 is 0 Å². The largest absolute Gasteiger partial charge is 0.497 e. The molecule has 0 fully saturated rings. The molecule has 2 heterocycles. The van der Waals surface area contributed by atoms with Gasteiger partial charge in [0, 0.05) is 6.07 Å². The summed E-state index contributed by atoms with van der Waals surface area (Å²) in [5.41, 5.74) is 2.15. The van der Waals surface area contributed by atoms with Gasteiger partial charge in [-0.15, -0.1) is 20.1 Å². The molecule has 0 saturated carbocycles. The molecule has 0 atom stereocenters. The summed E-state index contributed by atoms with van der Waals surface area (Å²) >= 11 is 0. The number of aromatic nitrogens is 6. The molecule has 0 unspecified atom stereocenters. The summed E-state index contributed by atoms with van der Waals surface area (Å²) in [6.45, 7) is 1.83. The predicted molar refractivity (Wildman–Crippen MR) is 62.7 cm³/mol. The number of hydrogen-bond donors (Lipinski definition) is 0. The molecule has 0 amide bonds. The van der Waals surface area contributed by atoms with Crippen molar-refractivity contribution in [3.8, 4) is 23.0 Å². The number of benzene rings is 1. The average molecular weight is 242 g/mol. The van der Waals surface area contributed by atoms with E-state index in [2.05, 4.69) is 25.6 Å². The topological polar surface area (TPSA) is 78.6 Å². The smallest absolute Gasteiger partial charge is 0.227 e. The lowest BCUT2D eigenvalue weighted by atomic mass is 10.3. The highest BCUT2D eigenvalue weighted by Gasteiger charge is 2.15. The minimum absolute atomic E-state index is 0.451. The van der Waals surface area contributed by atoms with Crippen molar-refractivity contribution in [2.45, 2.75) is 6.92 Å². The molecule has 0 spiro atoms. The second-order valence-corrected chi connectivity index (χ2v) is 3.74. The van der Waals surface area contributed by atoms with Gasteiger partial charge in [-0.3, -0.25) is 0 Å². The van der Waals surface area contributed by atoms with E-state index < -0.39 is 0 Å². The Morgan fingerprint density at radius 1 is 1.17 bits per heavy atom. The molecule has 3 rings (SSSR count). The van der Waals surface area contributed by atoms with Gasteiger partial charge in [0.15, 0.2) is 5.69 Å². The first kappa shape index (κ1) is 10.6. The second kappa shape index (κ2) is 4.02. The van der Waals surface area contributed by atoms with Crippen molar-refractivity contribution < 1.29 is 4.74 Å². The summed E-state index contributed by atoms with van der Waals surface area (Å²) in [6.07, 6.45) is 0. The van der Waals surface area contributed by atoms with E-state index in [1.807, 2.05) is 31.2 Å². The number of ether oxygens (including phenoxy) is 1. The Hall–Kier alpha value is -2.57. The van der Waals surface area contributed by atoms with Crippen LogP contribution in [-0.4, -0.2) is 37.5 Å². The van der Waals surface area contributed by atoms with Crippen LogP contribution in [0.15, 0.2) is 24.3 Å². The van der Waals surface area contributed by atoms with Crippen LogP contribution >= 0.6 is 0 Å². The van der Waals surface area contributed by atoms with Crippen LogP contribution in [0.25, 0.3) is 17.2 Å². The fourth-order valence-corrected chi connectivity index (χ4v) is 1.61. The van der Waals surface area contributed by atoms with Gasteiger partial charge in [-0.2, -0.15) is 5.10 Å². The van der Waals surface area contributed by atoms with Crippen LogP contribution in [0.5, 0.6) is 5.75 Å². The van der Waals surface area contributed by atoms with Crippen molar-refractivity contribution in [1.82, 2.24) is 30.4 Å². The van der Waals surface area contributed by atoms with Crippen molar-refractivity contribution in [3.05, 3.63) is 30.0 Å². The summed E-state index contributed by atoms with van der Waals surface area (Å²) in [5, 5.41) is 20.1.